The van der Waals surface area contributed by atoms with Crippen LogP contribution in [0.3, 0.4) is 0 Å². The number of carbonyl (C=O) groups is 1. The van der Waals surface area contributed by atoms with E-state index < -0.39 is 0 Å². The maximum atomic E-state index is 12.2. The summed E-state index contributed by atoms with van der Waals surface area (Å²) in [5.74, 6) is 1.47. The van der Waals surface area contributed by atoms with E-state index in [-0.39, 0.29) is 11.7 Å². The summed E-state index contributed by atoms with van der Waals surface area (Å²) >= 11 is 2.82. The smallest absolute Gasteiger partial charge is 0.236 e. The third-order valence-electron chi connectivity index (χ3n) is 4.17. The van der Waals surface area contributed by atoms with Crippen molar-refractivity contribution in [2.75, 3.05) is 11.1 Å². The summed E-state index contributed by atoms with van der Waals surface area (Å²) < 4.78 is 1.91. The van der Waals surface area contributed by atoms with Gasteiger partial charge in [-0.2, -0.15) is 0 Å². The molecule has 1 aliphatic carbocycles. The van der Waals surface area contributed by atoms with Gasteiger partial charge in [0.25, 0.3) is 0 Å². The summed E-state index contributed by atoms with van der Waals surface area (Å²) in [5.41, 5.74) is 2.18. The first kappa shape index (κ1) is 17.2. The second-order valence-electron chi connectivity index (χ2n) is 6.24. The van der Waals surface area contributed by atoms with Crippen LogP contribution in [-0.2, 0) is 11.8 Å². The average Bonchev–Trinajstić information content (AvgIpc) is 3.28. The molecular weight excluding hydrogens is 368 g/mol. The van der Waals surface area contributed by atoms with E-state index in [0.29, 0.717) is 16.2 Å². The predicted molar refractivity (Wildman–Crippen MR) is 102 cm³/mol. The monoisotopic (exact) mass is 386 g/mol. The minimum absolute atomic E-state index is 0.117. The molecule has 0 saturated heterocycles. The van der Waals surface area contributed by atoms with Gasteiger partial charge in [-0.1, -0.05) is 47.4 Å². The zero-order valence-electron chi connectivity index (χ0n) is 14.5. The summed E-state index contributed by atoms with van der Waals surface area (Å²) in [6.45, 7) is 2.04. The Kier molecular flexibility index (Phi) is 4.73. The molecule has 9 heteroatoms. The number of thioether (sulfide) groups is 1. The van der Waals surface area contributed by atoms with Crippen LogP contribution in [-0.4, -0.2) is 36.6 Å². The molecule has 2 aromatic heterocycles. The van der Waals surface area contributed by atoms with E-state index in [9.17, 15) is 4.79 Å². The maximum Gasteiger partial charge on any atom is 0.236 e. The fourth-order valence-electron chi connectivity index (χ4n) is 2.56. The molecule has 0 radical (unpaired) electrons. The van der Waals surface area contributed by atoms with Crippen LogP contribution in [0.2, 0.25) is 0 Å². The molecule has 1 amide bonds. The summed E-state index contributed by atoms with van der Waals surface area (Å²) in [6, 6.07) is 8.04. The number of benzene rings is 1. The van der Waals surface area contributed by atoms with Crippen molar-refractivity contribution in [3.8, 4) is 11.4 Å². The van der Waals surface area contributed by atoms with Crippen molar-refractivity contribution < 1.29 is 4.79 Å². The fraction of sp³-hybridized carbons (Fsp3) is 0.353. The van der Waals surface area contributed by atoms with E-state index in [1.54, 1.807) is 0 Å². The van der Waals surface area contributed by atoms with Crippen LogP contribution >= 0.6 is 23.1 Å². The molecule has 0 unspecified atom stereocenters. The standard InChI is InChI=1S/C17H18N6OS2/c1-10-5-3-4-6-12(10)14-19-22-17(23(14)2)25-9-13(24)18-16-21-20-15(26-16)11-7-8-11/h3-6,11H,7-9H2,1-2H3,(H,18,21,24). The van der Waals surface area contributed by atoms with Gasteiger partial charge in [0.1, 0.15) is 5.01 Å². The highest BCUT2D eigenvalue weighted by atomic mass is 32.2. The summed E-state index contributed by atoms with van der Waals surface area (Å²) in [4.78, 5) is 12.2. The van der Waals surface area contributed by atoms with Gasteiger partial charge in [-0.15, -0.1) is 20.4 Å². The van der Waals surface area contributed by atoms with Gasteiger partial charge in [0.05, 0.1) is 5.75 Å². The number of carbonyl (C=O) groups excluding carboxylic acids is 1. The first-order chi connectivity index (χ1) is 12.6. The molecule has 1 aromatic carbocycles. The number of aromatic nitrogens is 5. The van der Waals surface area contributed by atoms with Crippen LogP contribution in [0.15, 0.2) is 29.4 Å². The SMILES string of the molecule is Cc1ccccc1-c1nnc(SCC(=O)Nc2nnc(C3CC3)s2)n1C. The lowest BCUT2D eigenvalue weighted by Gasteiger charge is -2.06. The molecule has 1 aliphatic rings. The Morgan fingerprint density at radius 2 is 2.08 bits per heavy atom. The van der Waals surface area contributed by atoms with Gasteiger partial charge in [0, 0.05) is 18.5 Å². The number of hydrogen-bond donors (Lipinski definition) is 1. The predicted octanol–water partition coefficient (Wildman–Crippen LogP) is 3.25. The number of amides is 1. The molecule has 0 atom stereocenters. The van der Waals surface area contributed by atoms with Gasteiger partial charge >= 0.3 is 0 Å². The van der Waals surface area contributed by atoms with E-state index in [4.69, 9.17) is 0 Å². The molecular formula is C17H18N6OS2. The second kappa shape index (κ2) is 7.16. The Hall–Kier alpha value is -2.26. The van der Waals surface area contributed by atoms with Crippen molar-refractivity contribution in [1.82, 2.24) is 25.0 Å². The highest BCUT2D eigenvalue weighted by Gasteiger charge is 2.27. The molecule has 7 nitrogen and oxygen atoms in total. The minimum Gasteiger partial charge on any atom is -0.305 e. The van der Waals surface area contributed by atoms with Gasteiger partial charge in [0.2, 0.25) is 11.0 Å². The molecule has 0 aliphatic heterocycles. The highest BCUT2D eigenvalue weighted by Crippen LogP contribution is 2.42. The maximum absolute atomic E-state index is 12.2. The van der Waals surface area contributed by atoms with Crippen LogP contribution in [0, 0.1) is 6.92 Å². The topological polar surface area (TPSA) is 85.6 Å². The third kappa shape index (κ3) is 3.63. The van der Waals surface area contributed by atoms with Crippen LogP contribution < -0.4 is 5.32 Å². The van der Waals surface area contributed by atoms with Gasteiger partial charge in [0.15, 0.2) is 11.0 Å². The van der Waals surface area contributed by atoms with E-state index in [1.165, 1.54) is 35.9 Å². The molecule has 1 fully saturated rings. The largest absolute Gasteiger partial charge is 0.305 e. The van der Waals surface area contributed by atoms with Crippen molar-refractivity contribution in [3.05, 3.63) is 34.8 Å². The van der Waals surface area contributed by atoms with Crippen molar-refractivity contribution in [3.63, 3.8) is 0 Å². The lowest BCUT2D eigenvalue weighted by atomic mass is 10.1. The number of hydrogen-bond acceptors (Lipinski definition) is 7. The number of nitrogens with zero attached hydrogens (tertiary/aromatic N) is 5. The van der Waals surface area contributed by atoms with Crippen molar-refractivity contribution in [2.45, 2.75) is 30.8 Å². The van der Waals surface area contributed by atoms with Crippen LogP contribution in [0.1, 0.15) is 29.3 Å². The molecule has 0 spiro atoms. The van der Waals surface area contributed by atoms with Crippen molar-refractivity contribution >= 4 is 34.1 Å². The third-order valence-corrected chi connectivity index (χ3v) is 6.19. The van der Waals surface area contributed by atoms with Gasteiger partial charge in [-0.25, -0.2) is 0 Å². The summed E-state index contributed by atoms with van der Waals surface area (Å²) in [5, 5.41) is 21.8. The van der Waals surface area contributed by atoms with Crippen LogP contribution in [0.25, 0.3) is 11.4 Å². The molecule has 134 valence electrons. The Morgan fingerprint density at radius 3 is 2.85 bits per heavy atom. The second-order valence-corrected chi connectivity index (χ2v) is 8.19. The molecule has 26 heavy (non-hydrogen) atoms. The summed E-state index contributed by atoms with van der Waals surface area (Å²) in [6.07, 6.45) is 2.35. The minimum atomic E-state index is -0.117. The Bertz CT molecular complexity index is 946. The van der Waals surface area contributed by atoms with Gasteiger partial charge < -0.3 is 4.57 Å². The molecule has 4 rings (SSSR count). The molecule has 1 saturated carbocycles. The number of nitrogens with one attached hydrogen (secondary N) is 1. The lowest BCUT2D eigenvalue weighted by Crippen LogP contribution is -2.14. The molecule has 2 heterocycles. The fourth-order valence-corrected chi connectivity index (χ4v) is 4.20. The number of rotatable bonds is 6. The number of aryl methyl sites for hydroxylation is 1. The zero-order valence-corrected chi connectivity index (χ0v) is 16.1. The molecule has 1 N–H and O–H groups in total. The molecule has 3 aromatic rings. The van der Waals surface area contributed by atoms with Crippen LogP contribution in [0.5, 0.6) is 0 Å². The van der Waals surface area contributed by atoms with E-state index in [1.807, 2.05) is 42.8 Å². The van der Waals surface area contributed by atoms with E-state index in [0.717, 1.165) is 22.0 Å². The van der Waals surface area contributed by atoms with Crippen LogP contribution in [0.4, 0.5) is 5.13 Å². The van der Waals surface area contributed by atoms with Crippen molar-refractivity contribution in [2.24, 2.45) is 7.05 Å². The lowest BCUT2D eigenvalue weighted by molar-refractivity contribution is -0.113. The average molecular weight is 387 g/mol. The Balaban J connectivity index is 1.38. The molecule has 0 bridgehead atoms. The quantitative estimate of drug-likeness (QED) is 0.655. The van der Waals surface area contributed by atoms with Crippen molar-refractivity contribution in [1.29, 1.82) is 0 Å². The number of anilines is 1. The van der Waals surface area contributed by atoms with Gasteiger partial charge in [-0.3, -0.25) is 10.1 Å². The highest BCUT2D eigenvalue weighted by molar-refractivity contribution is 7.99. The first-order valence-corrected chi connectivity index (χ1v) is 10.1. The van der Waals surface area contributed by atoms with E-state index in [2.05, 4.69) is 25.7 Å². The Morgan fingerprint density at radius 1 is 1.27 bits per heavy atom. The zero-order chi connectivity index (χ0) is 18.1. The Labute approximate surface area is 159 Å². The van der Waals surface area contributed by atoms with E-state index >= 15 is 0 Å². The normalized spacial score (nSPS) is 13.8. The van der Waals surface area contributed by atoms with Gasteiger partial charge in [-0.05, 0) is 25.3 Å². The first-order valence-electron chi connectivity index (χ1n) is 8.33. The summed E-state index contributed by atoms with van der Waals surface area (Å²) in [7, 11) is 1.91.